The predicted molar refractivity (Wildman–Crippen MR) is 67.3 cm³/mol. The summed E-state index contributed by atoms with van der Waals surface area (Å²) in [5.74, 6) is 0. The van der Waals surface area contributed by atoms with Crippen molar-refractivity contribution in [2.45, 2.75) is 51.8 Å². The largest absolute Gasteiger partial charge is 0.433 e. The number of unbranched alkanes of at least 4 members (excludes halogenated alkanes) is 2. The second-order valence-electron chi connectivity index (χ2n) is 4.49. The molecule has 0 saturated heterocycles. The van der Waals surface area contributed by atoms with Crippen molar-refractivity contribution in [1.82, 2.24) is 4.90 Å². The molecular weight excluding hydrogens is 259 g/mol. The Balaban J connectivity index is 4.61. The third kappa shape index (κ3) is 5.81. The van der Waals surface area contributed by atoms with E-state index in [0.717, 1.165) is 44.2 Å². The molecule has 3 nitrogen and oxygen atoms in total. The van der Waals surface area contributed by atoms with E-state index in [9.17, 15) is 18.0 Å². The maximum atomic E-state index is 12.6. The van der Waals surface area contributed by atoms with Gasteiger partial charge in [-0.2, -0.15) is 13.2 Å². The Kier molecular flexibility index (Phi) is 6.65. The lowest BCUT2D eigenvalue weighted by molar-refractivity contribution is -0.245. The van der Waals surface area contributed by atoms with Crippen LogP contribution in [-0.4, -0.2) is 22.8 Å². The lowest BCUT2D eigenvalue weighted by Gasteiger charge is -2.29. The molecule has 0 N–H and O–H groups in total. The summed E-state index contributed by atoms with van der Waals surface area (Å²) in [7, 11) is 0. The lowest BCUT2D eigenvalue weighted by atomic mass is 10.1. The van der Waals surface area contributed by atoms with E-state index in [1.54, 1.807) is 6.08 Å². The van der Waals surface area contributed by atoms with E-state index in [2.05, 4.69) is 11.3 Å². The number of alkyl halides is 3. The first kappa shape index (κ1) is 17.5. The number of amides is 1. The molecule has 0 aliphatic heterocycles. The third-order valence-corrected chi connectivity index (χ3v) is 2.42. The molecule has 0 saturated carbocycles. The van der Waals surface area contributed by atoms with E-state index in [1.165, 1.54) is 6.20 Å². The lowest BCUT2D eigenvalue weighted by Crippen LogP contribution is -2.45. The Morgan fingerprint density at radius 1 is 1.37 bits per heavy atom. The number of rotatable bonds is 6. The highest BCUT2D eigenvalue weighted by molar-refractivity contribution is 5.70. The monoisotopic (exact) mass is 279 g/mol. The Hall–Kier alpha value is -1.46. The molecule has 0 fully saturated rings. The van der Waals surface area contributed by atoms with Gasteiger partial charge in [0.1, 0.15) is 0 Å². The van der Waals surface area contributed by atoms with Gasteiger partial charge in [-0.1, -0.05) is 32.4 Å². The topological polar surface area (TPSA) is 29.5 Å². The van der Waals surface area contributed by atoms with Crippen LogP contribution in [0.5, 0.6) is 0 Å². The minimum absolute atomic E-state index is 0.733. The molecule has 0 unspecified atom stereocenters. The van der Waals surface area contributed by atoms with Crippen LogP contribution in [-0.2, 0) is 4.74 Å². The van der Waals surface area contributed by atoms with Gasteiger partial charge in [0.25, 0.3) is 0 Å². The molecule has 0 aromatic carbocycles. The molecule has 0 radical (unpaired) electrons. The summed E-state index contributed by atoms with van der Waals surface area (Å²) in [5, 5.41) is 0. The molecule has 0 aliphatic rings. The molecule has 0 spiro atoms. The zero-order chi connectivity index (χ0) is 15.1. The van der Waals surface area contributed by atoms with Crippen LogP contribution in [0.1, 0.15) is 40.0 Å². The molecule has 110 valence electrons. The highest BCUT2D eigenvalue weighted by atomic mass is 19.4. The zero-order valence-corrected chi connectivity index (χ0v) is 11.5. The highest BCUT2D eigenvalue weighted by Crippen LogP contribution is 2.33. The van der Waals surface area contributed by atoms with Gasteiger partial charge in [0.2, 0.25) is 5.60 Å². The van der Waals surface area contributed by atoms with Crippen molar-refractivity contribution < 1.29 is 22.7 Å². The predicted octanol–water partition coefficient (Wildman–Crippen LogP) is 4.61. The average Bonchev–Trinajstić information content (AvgIpc) is 2.26. The van der Waals surface area contributed by atoms with Crippen molar-refractivity contribution in [2.75, 3.05) is 0 Å². The van der Waals surface area contributed by atoms with Crippen LogP contribution >= 0.6 is 0 Å². The number of hydrogen-bond acceptors (Lipinski definition) is 2. The average molecular weight is 279 g/mol. The molecule has 0 bridgehead atoms. The maximum absolute atomic E-state index is 12.6. The molecule has 0 rings (SSSR count). The summed E-state index contributed by atoms with van der Waals surface area (Å²) in [4.78, 5) is 12.5. The minimum atomic E-state index is -4.62. The van der Waals surface area contributed by atoms with Gasteiger partial charge in [0.05, 0.1) is 0 Å². The van der Waals surface area contributed by atoms with E-state index in [4.69, 9.17) is 0 Å². The molecule has 0 heterocycles. The van der Waals surface area contributed by atoms with Gasteiger partial charge in [0.15, 0.2) is 0 Å². The molecule has 0 aliphatic carbocycles. The molecule has 1 amide bonds. The fourth-order valence-electron chi connectivity index (χ4n) is 1.04. The summed E-state index contributed by atoms with van der Waals surface area (Å²) >= 11 is 0. The van der Waals surface area contributed by atoms with Gasteiger partial charge in [-0.05, 0) is 20.3 Å². The van der Waals surface area contributed by atoms with Crippen LogP contribution in [0.25, 0.3) is 0 Å². The summed E-state index contributed by atoms with van der Waals surface area (Å²) < 4.78 is 42.2. The van der Waals surface area contributed by atoms with Crippen LogP contribution in [0.15, 0.2) is 25.1 Å². The fourth-order valence-corrected chi connectivity index (χ4v) is 1.04. The minimum Gasteiger partial charge on any atom is -0.433 e. The highest BCUT2D eigenvalue weighted by Gasteiger charge is 2.51. The standard InChI is InChI=1S/C13H20F3NO2/c1-5-7-8-9-10-17(6-2)11(18)19-12(3,4)13(14,15)16/h6,9-10H,2,5,7-8H2,1,3-4H3/b10-9-. The molecule has 0 aromatic rings. The van der Waals surface area contributed by atoms with E-state index in [-0.39, 0.29) is 0 Å². The molecule has 19 heavy (non-hydrogen) atoms. The van der Waals surface area contributed by atoms with Crippen molar-refractivity contribution in [1.29, 1.82) is 0 Å². The Labute approximate surface area is 111 Å². The van der Waals surface area contributed by atoms with Gasteiger partial charge < -0.3 is 4.74 Å². The van der Waals surface area contributed by atoms with E-state index in [1.807, 2.05) is 6.92 Å². The van der Waals surface area contributed by atoms with Crippen molar-refractivity contribution in [3.8, 4) is 0 Å². The van der Waals surface area contributed by atoms with E-state index < -0.39 is 17.9 Å². The van der Waals surface area contributed by atoms with E-state index in [0.29, 0.717) is 0 Å². The number of carbonyl (C=O) groups excluding carboxylic acids is 1. The second kappa shape index (κ2) is 7.21. The SMILES string of the molecule is C=CN(/C=C\CCCC)C(=O)OC(C)(C)C(F)(F)F. The Morgan fingerprint density at radius 3 is 2.37 bits per heavy atom. The number of nitrogens with zero attached hydrogens (tertiary/aromatic N) is 1. The Morgan fingerprint density at radius 2 is 1.95 bits per heavy atom. The molecule has 0 aromatic heterocycles. The number of halogens is 3. The van der Waals surface area contributed by atoms with Crippen LogP contribution in [0.3, 0.4) is 0 Å². The van der Waals surface area contributed by atoms with Crippen LogP contribution < -0.4 is 0 Å². The van der Waals surface area contributed by atoms with Gasteiger partial charge in [-0.15, -0.1) is 0 Å². The summed E-state index contributed by atoms with van der Waals surface area (Å²) in [6, 6.07) is 0. The number of allylic oxidation sites excluding steroid dienone is 1. The van der Waals surface area contributed by atoms with Crippen LogP contribution in [0.4, 0.5) is 18.0 Å². The van der Waals surface area contributed by atoms with Gasteiger partial charge >= 0.3 is 12.3 Å². The van der Waals surface area contributed by atoms with Crippen LogP contribution in [0.2, 0.25) is 0 Å². The normalized spacial score (nSPS) is 12.5. The van der Waals surface area contributed by atoms with E-state index >= 15 is 0 Å². The summed E-state index contributed by atoms with van der Waals surface area (Å²) in [6.45, 7) is 6.98. The number of hydrogen-bond donors (Lipinski definition) is 0. The first-order valence-electron chi connectivity index (χ1n) is 6.03. The smallest absolute Gasteiger partial charge is 0.427 e. The summed E-state index contributed by atoms with van der Waals surface area (Å²) in [6.07, 6.45) is 1.08. The van der Waals surface area contributed by atoms with Gasteiger partial charge in [-0.3, -0.25) is 4.90 Å². The van der Waals surface area contributed by atoms with Crippen molar-refractivity contribution in [2.24, 2.45) is 0 Å². The van der Waals surface area contributed by atoms with Crippen LogP contribution in [0, 0.1) is 0 Å². The molecule has 6 heteroatoms. The Bertz CT molecular complexity index is 335. The molecular formula is C13H20F3NO2. The maximum Gasteiger partial charge on any atom is 0.427 e. The van der Waals surface area contributed by atoms with Crippen molar-refractivity contribution in [3.63, 3.8) is 0 Å². The zero-order valence-electron chi connectivity index (χ0n) is 11.5. The quantitative estimate of drug-likeness (QED) is 0.664. The van der Waals surface area contributed by atoms with Gasteiger partial charge in [0, 0.05) is 12.4 Å². The van der Waals surface area contributed by atoms with Crippen molar-refractivity contribution in [3.05, 3.63) is 25.1 Å². The van der Waals surface area contributed by atoms with Crippen molar-refractivity contribution >= 4 is 6.09 Å². The third-order valence-electron chi connectivity index (χ3n) is 2.42. The molecule has 0 atom stereocenters. The first-order chi connectivity index (χ1) is 8.65. The number of carbonyl (C=O) groups is 1. The second-order valence-corrected chi connectivity index (χ2v) is 4.49. The summed E-state index contributed by atoms with van der Waals surface area (Å²) in [5.41, 5.74) is -2.54. The van der Waals surface area contributed by atoms with Gasteiger partial charge in [-0.25, -0.2) is 4.79 Å². The number of ether oxygens (including phenoxy) is 1. The fraction of sp³-hybridized carbons (Fsp3) is 0.615. The first-order valence-corrected chi connectivity index (χ1v) is 6.03.